The van der Waals surface area contributed by atoms with E-state index in [0.717, 1.165) is 0 Å². The summed E-state index contributed by atoms with van der Waals surface area (Å²) in [4.78, 5) is 0. The summed E-state index contributed by atoms with van der Waals surface area (Å²) in [6.07, 6.45) is 0. The van der Waals surface area contributed by atoms with Gasteiger partial charge in [0.25, 0.3) is 0 Å². The van der Waals surface area contributed by atoms with Crippen molar-refractivity contribution in [1.29, 1.82) is 0 Å². The van der Waals surface area contributed by atoms with Gasteiger partial charge in [-0.15, -0.1) is 0 Å². The summed E-state index contributed by atoms with van der Waals surface area (Å²) < 4.78 is 7.95. The zero-order valence-electron chi connectivity index (χ0n) is 15.2. The van der Waals surface area contributed by atoms with Crippen molar-refractivity contribution in [2.75, 3.05) is 42.3 Å². The van der Waals surface area contributed by atoms with Gasteiger partial charge in [0, 0.05) is 0 Å². The van der Waals surface area contributed by atoms with Crippen LogP contribution in [-0.4, -0.2) is 70.8 Å². The Morgan fingerprint density at radius 1 is 0.565 bits per heavy atom. The van der Waals surface area contributed by atoms with Crippen LogP contribution in [0.15, 0.2) is 60.7 Å². The summed E-state index contributed by atoms with van der Waals surface area (Å²) in [5.41, 5.74) is 2.82. The van der Waals surface area contributed by atoms with Crippen molar-refractivity contribution >= 4 is 19.2 Å². The third-order valence-corrected chi connectivity index (χ3v) is 20.0. The molecule has 0 atom stereocenters. The fourth-order valence-corrected chi connectivity index (χ4v) is 18.8. The molecule has 0 aliphatic heterocycles. The molecule has 2 aromatic carbocycles. The molecule has 0 unspecified atom stereocenters. The summed E-state index contributed by atoms with van der Waals surface area (Å²) in [7, 11) is 13.5. The Balaban J connectivity index is 2.73. The van der Waals surface area contributed by atoms with E-state index in [1.54, 1.807) is 0 Å². The van der Waals surface area contributed by atoms with Crippen molar-refractivity contribution < 1.29 is 0 Å². The van der Waals surface area contributed by atoms with Gasteiger partial charge in [0.15, 0.2) is 0 Å². The fourth-order valence-electron chi connectivity index (χ4n) is 3.91. The predicted molar refractivity (Wildman–Crippen MR) is 102 cm³/mol. The minimum absolute atomic E-state index is 0.409. The van der Waals surface area contributed by atoms with Crippen LogP contribution in [0.4, 0.5) is 0 Å². The van der Waals surface area contributed by atoms with Crippen LogP contribution in [0.1, 0.15) is 15.1 Å². The van der Waals surface area contributed by atoms with Gasteiger partial charge >= 0.3 is 147 Å². The fraction of sp³-hybridized carbons (Fsp3) is 0.368. The van der Waals surface area contributed by atoms with Crippen LogP contribution in [0.3, 0.4) is 0 Å². The normalized spacial score (nSPS) is 12.6. The molecule has 4 heteroatoms. The van der Waals surface area contributed by atoms with Crippen LogP contribution in [0, 0.1) is 0 Å². The Hall–Kier alpha value is -0.881. The Kier molecular flexibility index (Phi) is 6.25. The number of nitrogens with zero attached hydrogens (tertiary/aromatic N) is 3. The molecule has 0 aliphatic carbocycles. The molecule has 0 aromatic heterocycles. The first-order chi connectivity index (χ1) is 10.9. The van der Waals surface area contributed by atoms with E-state index in [9.17, 15) is 0 Å². The molecule has 0 spiro atoms. The molecule has 0 heterocycles. The summed E-state index contributed by atoms with van der Waals surface area (Å²) in [6, 6.07) is 21.9. The number of benzene rings is 2. The van der Waals surface area contributed by atoms with E-state index in [0.29, 0.717) is 3.93 Å². The molecular formula is C19H29N3Sn. The van der Waals surface area contributed by atoms with E-state index in [1.807, 2.05) is 0 Å². The molecular weight excluding hydrogens is 389 g/mol. The zero-order valence-corrected chi connectivity index (χ0v) is 18.0. The maximum atomic E-state index is 2.51. The SMILES string of the molecule is C[N](C)[Sn]([CH](c1ccccc1)c1ccccc1)([N](C)C)[N](C)C. The van der Waals surface area contributed by atoms with Gasteiger partial charge < -0.3 is 0 Å². The summed E-state index contributed by atoms with van der Waals surface area (Å²) >= 11 is -3.09. The second-order valence-electron chi connectivity index (χ2n) is 6.62. The minimum atomic E-state index is -3.09. The van der Waals surface area contributed by atoms with Crippen molar-refractivity contribution in [3.8, 4) is 0 Å². The molecule has 0 amide bonds. The molecule has 0 aliphatic rings. The average molecular weight is 418 g/mol. The second-order valence-corrected chi connectivity index (χ2v) is 19.9. The standard InChI is InChI=1S/C13H11.3C2H6N.Sn/c1-3-7-12(8-4-1)11-13-9-5-2-6-10-13;3*1-3-2;/h1-11H;3*1-2H3;/q;3*-1;+3. The molecule has 0 bridgehead atoms. The first-order valence-corrected chi connectivity index (χ1v) is 13.5. The van der Waals surface area contributed by atoms with E-state index in [-0.39, 0.29) is 0 Å². The van der Waals surface area contributed by atoms with Crippen molar-refractivity contribution in [2.45, 2.75) is 3.93 Å². The van der Waals surface area contributed by atoms with Gasteiger partial charge in [-0.3, -0.25) is 0 Å². The van der Waals surface area contributed by atoms with Crippen molar-refractivity contribution in [3.05, 3.63) is 71.8 Å². The van der Waals surface area contributed by atoms with E-state index in [4.69, 9.17) is 0 Å². The molecule has 124 valence electrons. The number of rotatable bonds is 6. The maximum absolute atomic E-state index is 3.09. The van der Waals surface area contributed by atoms with Crippen molar-refractivity contribution in [3.63, 3.8) is 0 Å². The third kappa shape index (κ3) is 3.48. The average Bonchev–Trinajstić information content (AvgIpc) is 2.52. The van der Waals surface area contributed by atoms with Gasteiger partial charge in [-0.1, -0.05) is 0 Å². The second kappa shape index (κ2) is 7.79. The molecule has 0 saturated heterocycles. The molecule has 2 aromatic rings. The first kappa shape index (κ1) is 18.5. The predicted octanol–water partition coefficient (Wildman–Crippen LogP) is 2.98. The van der Waals surface area contributed by atoms with Crippen molar-refractivity contribution in [1.82, 2.24) is 9.36 Å². The first-order valence-electron chi connectivity index (χ1n) is 8.04. The van der Waals surface area contributed by atoms with Crippen LogP contribution in [-0.2, 0) is 0 Å². The van der Waals surface area contributed by atoms with Crippen LogP contribution in [0.2, 0.25) is 0 Å². The molecule has 23 heavy (non-hydrogen) atoms. The van der Waals surface area contributed by atoms with Gasteiger partial charge in [0.1, 0.15) is 0 Å². The van der Waals surface area contributed by atoms with E-state index >= 15 is 0 Å². The summed E-state index contributed by atoms with van der Waals surface area (Å²) in [5, 5.41) is 0. The molecule has 3 nitrogen and oxygen atoms in total. The van der Waals surface area contributed by atoms with Gasteiger partial charge in [-0.2, -0.15) is 0 Å². The van der Waals surface area contributed by atoms with E-state index in [1.165, 1.54) is 11.1 Å². The molecule has 0 fully saturated rings. The van der Waals surface area contributed by atoms with E-state index < -0.39 is 19.2 Å². The van der Waals surface area contributed by atoms with Crippen LogP contribution >= 0.6 is 0 Å². The Morgan fingerprint density at radius 2 is 0.870 bits per heavy atom. The van der Waals surface area contributed by atoms with Crippen LogP contribution < -0.4 is 0 Å². The van der Waals surface area contributed by atoms with Gasteiger partial charge in [0.05, 0.1) is 0 Å². The summed E-state index contributed by atoms with van der Waals surface area (Å²) in [6.45, 7) is 0. The van der Waals surface area contributed by atoms with Crippen molar-refractivity contribution in [2.24, 2.45) is 0 Å². The molecule has 0 N–H and O–H groups in total. The topological polar surface area (TPSA) is 9.72 Å². The quantitative estimate of drug-likeness (QED) is 0.669. The number of hydrogen-bond donors (Lipinski definition) is 0. The Bertz CT molecular complexity index is 535. The van der Waals surface area contributed by atoms with Gasteiger partial charge in [0.2, 0.25) is 0 Å². The number of hydrogen-bond acceptors (Lipinski definition) is 3. The molecule has 0 radical (unpaired) electrons. The zero-order chi connectivity index (χ0) is 17.0. The van der Waals surface area contributed by atoms with Crippen LogP contribution in [0.25, 0.3) is 0 Å². The molecule has 2 rings (SSSR count). The van der Waals surface area contributed by atoms with Gasteiger partial charge in [-0.25, -0.2) is 0 Å². The van der Waals surface area contributed by atoms with E-state index in [2.05, 4.69) is 112 Å². The van der Waals surface area contributed by atoms with Gasteiger partial charge in [-0.05, 0) is 0 Å². The Morgan fingerprint density at radius 3 is 1.13 bits per heavy atom. The summed E-state index contributed by atoms with van der Waals surface area (Å²) in [5.74, 6) is 0. The Labute approximate surface area is 146 Å². The third-order valence-electron chi connectivity index (χ3n) is 4.63. The van der Waals surface area contributed by atoms with Crippen LogP contribution in [0.5, 0.6) is 0 Å². The molecule has 0 saturated carbocycles. The monoisotopic (exact) mass is 419 g/mol.